The van der Waals surface area contributed by atoms with Crippen molar-refractivity contribution in [3.8, 4) is 34.8 Å². The number of rotatable bonds is 21. The lowest BCUT2D eigenvalue weighted by Crippen LogP contribution is -2.39. The normalized spacial score (nSPS) is 12.1. The molecule has 0 radical (unpaired) electrons. The number of carboxylic acid groups (broad SMARTS) is 2. The van der Waals surface area contributed by atoms with Gasteiger partial charge in [-0.3, -0.25) is 39.6 Å². The second-order valence-corrected chi connectivity index (χ2v) is 16.9. The van der Waals surface area contributed by atoms with Gasteiger partial charge < -0.3 is 29.9 Å². The Hall–Kier alpha value is -7.94. The van der Waals surface area contributed by atoms with Gasteiger partial charge in [0.2, 0.25) is 0 Å². The van der Waals surface area contributed by atoms with Gasteiger partial charge in [0.05, 0.1) is 60.9 Å². The molecule has 8 aromatic rings. The topological polar surface area (TPSA) is 267 Å². The van der Waals surface area contributed by atoms with E-state index in [2.05, 4.69) is 32.7 Å². The van der Waals surface area contributed by atoms with E-state index in [1.807, 2.05) is 45.8 Å². The van der Waals surface area contributed by atoms with Crippen molar-refractivity contribution in [3.05, 3.63) is 165 Å². The summed E-state index contributed by atoms with van der Waals surface area (Å²) in [6.45, 7) is -0.606. The van der Waals surface area contributed by atoms with E-state index >= 15 is 0 Å². The van der Waals surface area contributed by atoms with Crippen LogP contribution in [0, 0.1) is 22.7 Å². The number of nitrogens with one attached hydrogen (secondary N) is 2. The van der Waals surface area contributed by atoms with Crippen molar-refractivity contribution in [3.63, 3.8) is 0 Å². The summed E-state index contributed by atoms with van der Waals surface area (Å²) in [5.41, 5.74) is 7.89. The van der Waals surface area contributed by atoms with Crippen LogP contribution in [-0.4, -0.2) is 87.2 Å². The average molecular weight is 982 g/mol. The third-order valence-corrected chi connectivity index (χ3v) is 12.1. The maximum atomic E-state index is 11.7. The van der Waals surface area contributed by atoms with Crippen LogP contribution >= 0.6 is 23.2 Å². The van der Waals surface area contributed by atoms with Gasteiger partial charge in [0.15, 0.2) is 0 Å². The highest BCUT2D eigenvalue weighted by molar-refractivity contribution is 6.31. The summed E-state index contributed by atoms with van der Waals surface area (Å²) in [7, 11) is 0. The second kappa shape index (κ2) is 22.0. The van der Waals surface area contributed by atoms with Gasteiger partial charge in [0, 0.05) is 80.9 Å². The Balaban J connectivity index is 1.07. The molecule has 8 rings (SSSR count). The number of benzene rings is 4. The van der Waals surface area contributed by atoms with Crippen molar-refractivity contribution in [2.24, 2.45) is 0 Å². The van der Waals surface area contributed by atoms with Crippen molar-refractivity contribution in [1.29, 1.82) is 10.5 Å². The first-order valence-electron chi connectivity index (χ1n) is 21.6. The number of hydrogen-bond acceptors (Lipinski definition) is 14. The summed E-state index contributed by atoms with van der Waals surface area (Å²) >= 11 is 13.8. The average Bonchev–Trinajstić information content (AvgIpc) is 3.98. The van der Waals surface area contributed by atoms with E-state index in [0.717, 1.165) is 32.9 Å². The van der Waals surface area contributed by atoms with Gasteiger partial charge in [-0.1, -0.05) is 47.5 Å². The molecule has 0 bridgehead atoms. The van der Waals surface area contributed by atoms with Gasteiger partial charge in [-0.05, 0) is 70.8 Å². The minimum absolute atomic E-state index is 0.0210. The molecule has 354 valence electrons. The largest absolute Gasteiger partial charge is 0.489 e. The molecular formula is C50H42Cl2N10O8. The molecule has 0 aliphatic rings. The molecule has 0 saturated heterocycles. The fourth-order valence-electron chi connectivity index (χ4n) is 7.82. The van der Waals surface area contributed by atoms with Gasteiger partial charge >= 0.3 is 11.9 Å². The molecule has 2 atom stereocenters. The van der Waals surface area contributed by atoms with Crippen molar-refractivity contribution in [2.75, 3.05) is 13.2 Å². The number of pyridine rings is 2. The number of nitriles is 2. The number of nitrogens with zero attached hydrogens (tertiary/aromatic N) is 8. The van der Waals surface area contributed by atoms with Crippen LogP contribution in [0.4, 0.5) is 0 Å². The van der Waals surface area contributed by atoms with E-state index in [0.29, 0.717) is 66.1 Å². The van der Waals surface area contributed by atoms with Crippen molar-refractivity contribution >= 4 is 56.9 Å². The Morgan fingerprint density at radius 1 is 0.614 bits per heavy atom. The molecule has 0 fully saturated rings. The van der Waals surface area contributed by atoms with Gasteiger partial charge in [0.25, 0.3) is 0 Å². The monoisotopic (exact) mass is 980 g/mol. The number of aliphatic carboxylic acids is 2. The molecular weight excluding hydrogens is 940 g/mol. The Bertz CT molecular complexity index is 3110. The van der Waals surface area contributed by atoms with Crippen LogP contribution in [-0.2, 0) is 49.0 Å². The zero-order valence-corrected chi connectivity index (χ0v) is 38.5. The number of hydrogen-bond donors (Lipinski definition) is 6. The predicted octanol–water partition coefficient (Wildman–Crippen LogP) is 6.22. The summed E-state index contributed by atoms with van der Waals surface area (Å²) in [6, 6.07) is 23.8. The van der Waals surface area contributed by atoms with Crippen LogP contribution in [0.25, 0.3) is 32.9 Å². The fraction of sp³-hybridized carbons (Fsp3) is 0.200. The molecule has 0 saturated carbocycles. The summed E-state index contributed by atoms with van der Waals surface area (Å²) in [5.74, 6) is -1.62. The van der Waals surface area contributed by atoms with Gasteiger partial charge in [-0.25, -0.2) is 0 Å². The zero-order chi connectivity index (χ0) is 49.3. The molecule has 0 spiro atoms. The first-order chi connectivity index (χ1) is 34.0. The standard InChI is InChI=1S/C50H42Cl2N10O8/c51-41-9-33(19-57-43(25-63)49(65)66)47(69-27-31-7-29(13-53)15-55-17-31)11-35(41)23-61-45-5-1-3-37(39(45)21-59-61)38-4-2-6-46-40(38)22-60-62(46)24-36-12-48(70-28-32-8-30(14-54)16-56-18-32)34(10-42(36)52)20-58-44(26-64)50(67)68/h1-12,15-18,21-22,43-44,57-58,63-64H,19-20,23-28H2,(H,65,66)(H,67,68). The quantitative estimate of drug-likeness (QED) is 0.0467. The fourth-order valence-corrected chi connectivity index (χ4v) is 8.31. The SMILES string of the molecule is N#Cc1cncc(COc2cc(Cn3ncc4c(-c5cccc6c5cnn6Cc5cc(OCc6cncc(C#N)c6)c(CNC(CO)C(=O)O)cc5Cl)cccc43)c(Cl)cc2CNC(CO)C(=O)O)c1. The van der Waals surface area contributed by atoms with E-state index in [1.54, 1.807) is 61.2 Å². The molecule has 0 aliphatic carbocycles. The number of halogens is 2. The van der Waals surface area contributed by atoms with Crippen LogP contribution < -0.4 is 20.1 Å². The first kappa shape index (κ1) is 48.5. The minimum atomic E-state index is -1.22. The number of carboxylic acids is 2. The Kier molecular flexibility index (Phi) is 15.2. The van der Waals surface area contributed by atoms with E-state index < -0.39 is 37.2 Å². The second-order valence-electron chi connectivity index (χ2n) is 16.1. The highest BCUT2D eigenvalue weighted by atomic mass is 35.5. The van der Waals surface area contributed by atoms with Crippen LogP contribution in [0.15, 0.2) is 110 Å². The molecule has 4 aromatic heterocycles. The lowest BCUT2D eigenvalue weighted by atomic mass is 9.99. The number of aliphatic hydroxyl groups excluding tert-OH is 2. The van der Waals surface area contributed by atoms with Crippen LogP contribution in [0.2, 0.25) is 10.0 Å². The smallest absolute Gasteiger partial charge is 0.323 e. The minimum Gasteiger partial charge on any atom is -0.489 e. The number of fused-ring (bicyclic) bond motifs is 2. The molecule has 6 N–H and O–H groups in total. The number of carbonyl (C=O) groups is 2. The molecule has 0 aliphatic heterocycles. The molecule has 70 heavy (non-hydrogen) atoms. The summed E-state index contributed by atoms with van der Waals surface area (Å²) in [4.78, 5) is 31.5. The van der Waals surface area contributed by atoms with E-state index in [1.165, 1.54) is 12.4 Å². The third kappa shape index (κ3) is 11.0. The van der Waals surface area contributed by atoms with Crippen molar-refractivity contribution in [2.45, 2.75) is 51.5 Å². The molecule has 18 nitrogen and oxygen atoms in total. The zero-order valence-electron chi connectivity index (χ0n) is 37.0. The van der Waals surface area contributed by atoms with Gasteiger partial charge in [0.1, 0.15) is 48.9 Å². The summed E-state index contributed by atoms with van der Waals surface area (Å²) < 4.78 is 16.1. The highest BCUT2D eigenvalue weighted by Crippen LogP contribution is 2.36. The molecule has 2 unspecified atom stereocenters. The number of aromatic nitrogens is 6. The highest BCUT2D eigenvalue weighted by Gasteiger charge is 2.21. The van der Waals surface area contributed by atoms with Crippen molar-refractivity contribution < 1.29 is 39.5 Å². The lowest BCUT2D eigenvalue weighted by molar-refractivity contribution is -0.141. The van der Waals surface area contributed by atoms with Crippen LogP contribution in [0.5, 0.6) is 11.5 Å². The van der Waals surface area contributed by atoms with E-state index in [-0.39, 0.29) is 39.4 Å². The van der Waals surface area contributed by atoms with Crippen LogP contribution in [0.1, 0.15) is 44.5 Å². The first-order valence-corrected chi connectivity index (χ1v) is 22.3. The predicted molar refractivity (Wildman–Crippen MR) is 257 cm³/mol. The number of aliphatic hydroxyl groups is 2. The van der Waals surface area contributed by atoms with E-state index in [4.69, 9.17) is 42.9 Å². The molecule has 20 heteroatoms. The summed E-state index contributed by atoms with van der Waals surface area (Å²) in [5, 5.41) is 74.7. The Labute approximate surface area is 409 Å². The maximum absolute atomic E-state index is 11.7. The Morgan fingerprint density at radius 3 is 1.43 bits per heavy atom. The lowest BCUT2D eigenvalue weighted by Gasteiger charge is -2.18. The summed E-state index contributed by atoms with van der Waals surface area (Å²) in [6.07, 6.45) is 9.65. The molecule has 4 heterocycles. The van der Waals surface area contributed by atoms with E-state index in [9.17, 15) is 40.5 Å². The van der Waals surface area contributed by atoms with Crippen LogP contribution in [0.3, 0.4) is 0 Å². The third-order valence-electron chi connectivity index (χ3n) is 11.4. The number of ether oxygens (including phenoxy) is 2. The molecule has 4 aromatic carbocycles. The van der Waals surface area contributed by atoms with Gasteiger partial charge in [-0.15, -0.1) is 0 Å². The van der Waals surface area contributed by atoms with Crippen molar-refractivity contribution in [1.82, 2.24) is 40.2 Å². The molecule has 0 amide bonds. The van der Waals surface area contributed by atoms with Gasteiger partial charge in [-0.2, -0.15) is 20.7 Å². The Morgan fingerprint density at radius 2 is 1.04 bits per heavy atom. The maximum Gasteiger partial charge on any atom is 0.323 e.